The SMILES string of the molecule is CN(C(=O)OCc1ccccc1)C1CCCC(NC(=O)OCc2ccccc2)C1. The van der Waals surface area contributed by atoms with E-state index in [9.17, 15) is 9.59 Å². The van der Waals surface area contributed by atoms with Crippen LogP contribution in [-0.2, 0) is 22.7 Å². The molecule has 6 heteroatoms. The van der Waals surface area contributed by atoms with Gasteiger partial charge in [0.05, 0.1) is 0 Å². The van der Waals surface area contributed by atoms with Crippen molar-refractivity contribution in [3.63, 3.8) is 0 Å². The van der Waals surface area contributed by atoms with Crippen LogP contribution in [0.3, 0.4) is 0 Å². The number of alkyl carbamates (subject to hydrolysis) is 1. The summed E-state index contributed by atoms with van der Waals surface area (Å²) in [4.78, 5) is 26.2. The van der Waals surface area contributed by atoms with Gasteiger partial charge in [0.1, 0.15) is 13.2 Å². The molecule has 1 aliphatic carbocycles. The lowest BCUT2D eigenvalue weighted by atomic mass is 9.90. The number of nitrogens with zero attached hydrogens (tertiary/aromatic N) is 1. The van der Waals surface area contributed by atoms with E-state index in [0.717, 1.165) is 30.4 Å². The minimum atomic E-state index is -0.422. The van der Waals surface area contributed by atoms with Gasteiger partial charge in [-0.05, 0) is 36.8 Å². The second-order valence-corrected chi connectivity index (χ2v) is 7.37. The Morgan fingerprint density at radius 1 is 0.931 bits per heavy atom. The number of carbonyl (C=O) groups is 2. The summed E-state index contributed by atoms with van der Waals surface area (Å²) in [6.45, 7) is 0.499. The van der Waals surface area contributed by atoms with Gasteiger partial charge in [-0.3, -0.25) is 0 Å². The molecule has 0 heterocycles. The van der Waals surface area contributed by atoms with Gasteiger partial charge in [0.15, 0.2) is 0 Å². The van der Waals surface area contributed by atoms with E-state index in [4.69, 9.17) is 9.47 Å². The van der Waals surface area contributed by atoms with Crippen molar-refractivity contribution in [1.82, 2.24) is 10.2 Å². The first-order valence-electron chi connectivity index (χ1n) is 10.0. The zero-order valence-corrected chi connectivity index (χ0v) is 16.8. The van der Waals surface area contributed by atoms with Crippen molar-refractivity contribution in [3.05, 3.63) is 71.8 Å². The Hall–Kier alpha value is -3.02. The van der Waals surface area contributed by atoms with E-state index >= 15 is 0 Å². The Morgan fingerprint density at radius 2 is 1.52 bits per heavy atom. The van der Waals surface area contributed by atoms with Crippen molar-refractivity contribution in [2.45, 2.75) is 51.0 Å². The summed E-state index contributed by atoms with van der Waals surface area (Å²) < 4.78 is 10.7. The largest absolute Gasteiger partial charge is 0.445 e. The Morgan fingerprint density at radius 3 is 2.14 bits per heavy atom. The maximum absolute atomic E-state index is 12.4. The molecule has 2 amide bonds. The topological polar surface area (TPSA) is 67.9 Å². The Labute approximate surface area is 171 Å². The van der Waals surface area contributed by atoms with Crippen LogP contribution in [0.25, 0.3) is 0 Å². The fourth-order valence-corrected chi connectivity index (χ4v) is 3.55. The minimum Gasteiger partial charge on any atom is -0.445 e. The number of hydrogen-bond acceptors (Lipinski definition) is 4. The summed E-state index contributed by atoms with van der Waals surface area (Å²) in [5.74, 6) is 0. The third-order valence-electron chi connectivity index (χ3n) is 5.22. The lowest BCUT2D eigenvalue weighted by Gasteiger charge is -2.34. The summed E-state index contributed by atoms with van der Waals surface area (Å²) in [6, 6.07) is 19.2. The number of nitrogens with one attached hydrogen (secondary N) is 1. The van der Waals surface area contributed by atoms with Crippen molar-refractivity contribution >= 4 is 12.2 Å². The summed E-state index contributed by atoms with van der Waals surface area (Å²) in [5, 5.41) is 2.93. The highest BCUT2D eigenvalue weighted by Gasteiger charge is 2.29. The van der Waals surface area contributed by atoms with Gasteiger partial charge in [-0.25, -0.2) is 9.59 Å². The van der Waals surface area contributed by atoms with Crippen molar-refractivity contribution in [1.29, 1.82) is 0 Å². The van der Waals surface area contributed by atoms with Crippen LogP contribution in [0.15, 0.2) is 60.7 Å². The standard InChI is InChI=1S/C23H28N2O4/c1-25(23(27)29-17-19-11-6-3-7-12-19)21-14-8-13-20(15-21)24-22(26)28-16-18-9-4-2-5-10-18/h2-7,9-12,20-21H,8,13-17H2,1H3,(H,24,26). The maximum atomic E-state index is 12.4. The molecular weight excluding hydrogens is 368 g/mol. The molecule has 0 bridgehead atoms. The van der Waals surface area contributed by atoms with Crippen LogP contribution < -0.4 is 5.32 Å². The van der Waals surface area contributed by atoms with E-state index in [1.54, 1.807) is 11.9 Å². The van der Waals surface area contributed by atoms with Crippen molar-refractivity contribution < 1.29 is 19.1 Å². The normalized spacial score (nSPS) is 18.5. The molecule has 1 saturated carbocycles. The molecule has 1 aliphatic rings. The van der Waals surface area contributed by atoms with Crippen LogP contribution >= 0.6 is 0 Å². The molecule has 2 unspecified atom stereocenters. The summed E-state index contributed by atoms with van der Waals surface area (Å²) in [5.41, 5.74) is 1.91. The number of hydrogen-bond donors (Lipinski definition) is 1. The highest BCUT2D eigenvalue weighted by atomic mass is 16.6. The van der Waals surface area contributed by atoms with Crippen LogP contribution in [0, 0.1) is 0 Å². The number of carbonyl (C=O) groups excluding carboxylic acids is 2. The maximum Gasteiger partial charge on any atom is 0.410 e. The number of benzene rings is 2. The van der Waals surface area contributed by atoms with E-state index in [-0.39, 0.29) is 31.4 Å². The highest BCUT2D eigenvalue weighted by molar-refractivity contribution is 5.68. The molecule has 29 heavy (non-hydrogen) atoms. The molecule has 154 valence electrons. The first-order chi connectivity index (χ1) is 14.1. The molecule has 0 spiro atoms. The molecule has 1 N–H and O–H groups in total. The van der Waals surface area contributed by atoms with E-state index in [2.05, 4.69) is 5.32 Å². The molecule has 6 nitrogen and oxygen atoms in total. The second kappa shape index (κ2) is 10.5. The average molecular weight is 396 g/mol. The summed E-state index contributed by atoms with van der Waals surface area (Å²) in [7, 11) is 1.76. The molecular formula is C23H28N2O4. The first kappa shape index (κ1) is 20.7. The number of rotatable bonds is 6. The van der Waals surface area contributed by atoms with Crippen molar-refractivity contribution in [2.24, 2.45) is 0 Å². The zero-order valence-electron chi connectivity index (χ0n) is 16.8. The van der Waals surface area contributed by atoms with Gasteiger partial charge >= 0.3 is 12.2 Å². The van der Waals surface area contributed by atoms with Crippen LogP contribution in [0.4, 0.5) is 9.59 Å². The molecule has 0 aliphatic heterocycles. The number of ether oxygens (including phenoxy) is 2. The first-order valence-corrected chi connectivity index (χ1v) is 10.0. The Kier molecular flexibility index (Phi) is 7.50. The van der Waals surface area contributed by atoms with Crippen LogP contribution in [0.2, 0.25) is 0 Å². The van der Waals surface area contributed by atoms with Crippen molar-refractivity contribution in [2.75, 3.05) is 7.05 Å². The predicted molar refractivity (Wildman–Crippen MR) is 110 cm³/mol. The molecule has 3 rings (SSSR count). The molecule has 1 fully saturated rings. The van der Waals surface area contributed by atoms with Gasteiger partial charge < -0.3 is 19.7 Å². The third kappa shape index (κ3) is 6.52. The smallest absolute Gasteiger partial charge is 0.410 e. The minimum absolute atomic E-state index is 0.0126. The fourth-order valence-electron chi connectivity index (χ4n) is 3.55. The van der Waals surface area contributed by atoms with Crippen LogP contribution in [0.1, 0.15) is 36.8 Å². The van der Waals surface area contributed by atoms with E-state index in [1.807, 2.05) is 60.7 Å². The molecule has 2 atom stereocenters. The Bertz CT molecular complexity index is 782. The zero-order chi connectivity index (χ0) is 20.5. The highest BCUT2D eigenvalue weighted by Crippen LogP contribution is 2.23. The van der Waals surface area contributed by atoms with Gasteiger partial charge in [0.2, 0.25) is 0 Å². The van der Waals surface area contributed by atoms with Gasteiger partial charge in [0, 0.05) is 19.1 Å². The van der Waals surface area contributed by atoms with Crippen LogP contribution in [-0.4, -0.2) is 36.2 Å². The quantitative estimate of drug-likeness (QED) is 0.781. The van der Waals surface area contributed by atoms with Crippen LogP contribution in [0.5, 0.6) is 0 Å². The summed E-state index contributed by atoms with van der Waals surface area (Å²) in [6.07, 6.45) is 2.64. The summed E-state index contributed by atoms with van der Waals surface area (Å²) >= 11 is 0. The molecule has 0 radical (unpaired) electrons. The average Bonchev–Trinajstić information content (AvgIpc) is 2.77. The molecule has 0 saturated heterocycles. The fraction of sp³-hybridized carbons (Fsp3) is 0.391. The van der Waals surface area contributed by atoms with E-state index < -0.39 is 6.09 Å². The van der Waals surface area contributed by atoms with Gasteiger partial charge in [-0.1, -0.05) is 60.7 Å². The van der Waals surface area contributed by atoms with Crippen molar-refractivity contribution in [3.8, 4) is 0 Å². The molecule has 2 aromatic carbocycles. The monoisotopic (exact) mass is 396 g/mol. The predicted octanol–water partition coefficient (Wildman–Crippen LogP) is 4.49. The van der Waals surface area contributed by atoms with E-state index in [1.165, 1.54) is 0 Å². The molecule has 2 aromatic rings. The van der Waals surface area contributed by atoms with Gasteiger partial charge in [-0.15, -0.1) is 0 Å². The van der Waals surface area contributed by atoms with E-state index in [0.29, 0.717) is 6.42 Å². The Balaban J connectivity index is 1.42. The van der Waals surface area contributed by atoms with Gasteiger partial charge in [0.25, 0.3) is 0 Å². The molecule has 0 aromatic heterocycles. The van der Waals surface area contributed by atoms with Gasteiger partial charge in [-0.2, -0.15) is 0 Å². The number of amides is 2. The lowest BCUT2D eigenvalue weighted by Crippen LogP contribution is -2.46. The second-order valence-electron chi connectivity index (χ2n) is 7.37. The third-order valence-corrected chi connectivity index (χ3v) is 5.22. The lowest BCUT2D eigenvalue weighted by molar-refractivity contribution is 0.0787.